The summed E-state index contributed by atoms with van der Waals surface area (Å²) in [5, 5.41) is 0. The number of aliphatic imine (C=N–C) groups is 1. The standard InChI is InChI=1S/C17H30N2O/c1-13-14(2)20-17(18-15-9-5-3-6-10-15)19(13)16-11-7-4-8-12-16/h13-16H,3-12H2,1-2H3/t13-,14-/m1/s1. The molecule has 3 nitrogen and oxygen atoms in total. The van der Waals surface area contributed by atoms with Crippen molar-refractivity contribution >= 4 is 6.02 Å². The maximum absolute atomic E-state index is 6.12. The van der Waals surface area contributed by atoms with Gasteiger partial charge in [0.25, 0.3) is 6.02 Å². The lowest BCUT2D eigenvalue weighted by Gasteiger charge is -2.34. The van der Waals surface area contributed by atoms with Crippen LogP contribution >= 0.6 is 0 Å². The normalized spacial score (nSPS) is 35.5. The van der Waals surface area contributed by atoms with Crippen LogP contribution in [-0.4, -0.2) is 35.2 Å². The third-order valence-corrected chi connectivity index (χ3v) is 5.47. The molecule has 2 aliphatic carbocycles. The minimum atomic E-state index is 0.291. The Bertz CT molecular complexity index is 343. The van der Waals surface area contributed by atoms with Crippen LogP contribution in [0.15, 0.2) is 4.99 Å². The lowest BCUT2D eigenvalue weighted by molar-refractivity contribution is 0.186. The highest BCUT2D eigenvalue weighted by Gasteiger charge is 2.39. The first-order valence-electron chi connectivity index (χ1n) is 8.78. The molecule has 0 radical (unpaired) electrons. The van der Waals surface area contributed by atoms with Crippen LogP contribution in [-0.2, 0) is 4.74 Å². The van der Waals surface area contributed by atoms with Crippen molar-refractivity contribution in [2.45, 2.75) is 102 Å². The second kappa shape index (κ2) is 6.36. The van der Waals surface area contributed by atoms with E-state index in [2.05, 4.69) is 18.7 Å². The van der Waals surface area contributed by atoms with Crippen LogP contribution in [0.2, 0.25) is 0 Å². The van der Waals surface area contributed by atoms with Gasteiger partial charge in [0.1, 0.15) is 6.10 Å². The summed E-state index contributed by atoms with van der Waals surface area (Å²) in [6.45, 7) is 4.51. The molecular formula is C17H30N2O. The third-order valence-electron chi connectivity index (χ3n) is 5.47. The van der Waals surface area contributed by atoms with Gasteiger partial charge in [-0.05, 0) is 39.5 Å². The summed E-state index contributed by atoms with van der Waals surface area (Å²) >= 11 is 0. The van der Waals surface area contributed by atoms with Gasteiger partial charge in [-0.25, -0.2) is 4.99 Å². The van der Waals surface area contributed by atoms with Gasteiger partial charge < -0.3 is 9.64 Å². The van der Waals surface area contributed by atoms with Crippen molar-refractivity contribution in [3.05, 3.63) is 0 Å². The molecule has 0 unspecified atom stereocenters. The Labute approximate surface area is 123 Å². The van der Waals surface area contributed by atoms with E-state index in [4.69, 9.17) is 9.73 Å². The third kappa shape index (κ3) is 2.96. The van der Waals surface area contributed by atoms with Crippen LogP contribution in [0.3, 0.4) is 0 Å². The monoisotopic (exact) mass is 278 g/mol. The number of rotatable bonds is 2. The molecule has 20 heavy (non-hydrogen) atoms. The van der Waals surface area contributed by atoms with Gasteiger partial charge in [-0.15, -0.1) is 0 Å². The fourth-order valence-corrected chi connectivity index (χ4v) is 4.04. The van der Waals surface area contributed by atoms with Crippen LogP contribution in [0, 0.1) is 0 Å². The molecule has 1 aliphatic heterocycles. The fraction of sp³-hybridized carbons (Fsp3) is 0.941. The van der Waals surface area contributed by atoms with Gasteiger partial charge in [-0.1, -0.05) is 38.5 Å². The Balaban J connectivity index is 1.74. The first-order chi connectivity index (χ1) is 9.75. The summed E-state index contributed by atoms with van der Waals surface area (Å²) in [6, 6.07) is 2.65. The summed E-state index contributed by atoms with van der Waals surface area (Å²) in [5.74, 6) is 0. The Hall–Kier alpha value is -0.730. The van der Waals surface area contributed by atoms with Crippen molar-refractivity contribution in [2.24, 2.45) is 4.99 Å². The number of ether oxygens (including phenoxy) is 1. The minimum absolute atomic E-state index is 0.291. The summed E-state index contributed by atoms with van der Waals surface area (Å²) in [5.41, 5.74) is 0. The highest BCUT2D eigenvalue weighted by molar-refractivity contribution is 5.77. The average Bonchev–Trinajstić information content (AvgIpc) is 2.76. The van der Waals surface area contributed by atoms with E-state index in [0.29, 0.717) is 24.2 Å². The highest BCUT2D eigenvalue weighted by Crippen LogP contribution is 2.31. The molecule has 0 aromatic rings. The summed E-state index contributed by atoms with van der Waals surface area (Å²) in [7, 11) is 0. The van der Waals surface area contributed by atoms with E-state index in [0.717, 1.165) is 6.02 Å². The Morgan fingerprint density at radius 2 is 1.50 bits per heavy atom. The Morgan fingerprint density at radius 1 is 0.900 bits per heavy atom. The molecule has 0 aromatic heterocycles. The fourth-order valence-electron chi connectivity index (χ4n) is 4.04. The van der Waals surface area contributed by atoms with E-state index in [1.54, 1.807) is 0 Å². The quantitative estimate of drug-likeness (QED) is 0.759. The zero-order chi connectivity index (χ0) is 13.9. The van der Waals surface area contributed by atoms with Crippen LogP contribution in [0.4, 0.5) is 0 Å². The Morgan fingerprint density at radius 3 is 2.15 bits per heavy atom. The molecule has 2 saturated carbocycles. The maximum atomic E-state index is 6.12. The molecule has 114 valence electrons. The van der Waals surface area contributed by atoms with Crippen LogP contribution < -0.4 is 0 Å². The zero-order valence-corrected chi connectivity index (χ0v) is 13.2. The SMILES string of the molecule is C[C@@H]1[C@@H](C)OC(=NC2CCCCC2)N1C1CCCCC1. The van der Waals surface area contributed by atoms with E-state index >= 15 is 0 Å². The van der Waals surface area contributed by atoms with Gasteiger partial charge in [0, 0.05) is 6.04 Å². The molecular weight excluding hydrogens is 248 g/mol. The summed E-state index contributed by atoms with van der Waals surface area (Å²) in [4.78, 5) is 7.54. The van der Waals surface area contributed by atoms with Gasteiger partial charge in [0.15, 0.2) is 0 Å². The van der Waals surface area contributed by atoms with E-state index in [1.807, 2.05) is 0 Å². The Kier molecular flexibility index (Phi) is 4.52. The predicted molar refractivity (Wildman–Crippen MR) is 83.0 cm³/mol. The van der Waals surface area contributed by atoms with Crippen molar-refractivity contribution < 1.29 is 4.74 Å². The van der Waals surface area contributed by atoms with Gasteiger partial charge >= 0.3 is 0 Å². The van der Waals surface area contributed by atoms with Crippen molar-refractivity contribution in [2.75, 3.05) is 0 Å². The van der Waals surface area contributed by atoms with E-state index in [1.165, 1.54) is 64.2 Å². The minimum Gasteiger partial charge on any atom is -0.460 e. The molecule has 3 fully saturated rings. The van der Waals surface area contributed by atoms with Gasteiger partial charge in [-0.3, -0.25) is 0 Å². The smallest absolute Gasteiger partial charge is 0.288 e. The van der Waals surface area contributed by atoms with Gasteiger partial charge in [0.05, 0.1) is 12.1 Å². The topological polar surface area (TPSA) is 24.8 Å². The number of nitrogens with zero attached hydrogens (tertiary/aromatic N) is 2. The molecule has 0 N–H and O–H groups in total. The average molecular weight is 278 g/mol. The van der Waals surface area contributed by atoms with Crippen LogP contribution in [0.1, 0.15) is 78.1 Å². The largest absolute Gasteiger partial charge is 0.460 e. The molecule has 3 aliphatic rings. The molecule has 1 saturated heterocycles. The second-order valence-corrected chi connectivity index (χ2v) is 6.97. The van der Waals surface area contributed by atoms with Crippen molar-refractivity contribution in [1.82, 2.24) is 4.90 Å². The van der Waals surface area contributed by atoms with Gasteiger partial charge in [-0.2, -0.15) is 0 Å². The lowest BCUT2D eigenvalue weighted by Crippen LogP contribution is -2.43. The van der Waals surface area contributed by atoms with E-state index < -0.39 is 0 Å². The molecule has 0 aromatic carbocycles. The molecule has 3 rings (SSSR count). The first-order valence-corrected chi connectivity index (χ1v) is 8.78. The molecule has 0 spiro atoms. The first kappa shape index (κ1) is 14.2. The van der Waals surface area contributed by atoms with Crippen molar-refractivity contribution in [3.8, 4) is 0 Å². The number of hydrogen-bond donors (Lipinski definition) is 0. The summed E-state index contributed by atoms with van der Waals surface area (Å²) < 4.78 is 6.12. The zero-order valence-electron chi connectivity index (χ0n) is 13.2. The van der Waals surface area contributed by atoms with Crippen LogP contribution in [0.5, 0.6) is 0 Å². The van der Waals surface area contributed by atoms with Crippen molar-refractivity contribution in [3.63, 3.8) is 0 Å². The maximum Gasteiger partial charge on any atom is 0.288 e. The summed E-state index contributed by atoms with van der Waals surface area (Å²) in [6.07, 6.45) is 13.7. The molecule has 3 heteroatoms. The second-order valence-electron chi connectivity index (χ2n) is 6.97. The predicted octanol–water partition coefficient (Wildman–Crippen LogP) is 4.12. The lowest BCUT2D eigenvalue weighted by atomic mass is 9.93. The van der Waals surface area contributed by atoms with Crippen molar-refractivity contribution in [1.29, 1.82) is 0 Å². The number of amidine groups is 1. The number of hydrogen-bond acceptors (Lipinski definition) is 2. The molecule has 1 heterocycles. The van der Waals surface area contributed by atoms with E-state index in [-0.39, 0.29) is 0 Å². The van der Waals surface area contributed by atoms with Crippen LogP contribution in [0.25, 0.3) is 0 Å². The highest BCUT2D eigenvalue weighted by atomic mass is 16.5. The molecule has 0 amide bonds. The van der Waals surface area contributed by atoms with E-state index in [9.17, 15) is 0 Å². The molecule has 0 bridgehead atoms. The van der Waals surface area contributed by atoms with Gasteiger partial charge in [0.2, 0.25) is 0 Å². The molecule has 2 atom stereocenters.